The van der Waals surface area contributed by atoms with Gasteiger partial charge in [0.15, 0.2) is 0 Å². The second-order valence-electron chi connectivity index (χ2n) is 9.11. The average Bonchev–Trinajstić information content (AvgIpc) is 3.42. The molecule has 3 heterocycles. The summed E-state index contributed by atoms with van der Waals surface area (Å²) in [7, 11) is 5.28. The van der Waals surface area contributed by atoms with E-state index in [1.807, 2.05) is 67.6 Å². The molecule has 2 radical (unpaired) electrons. The maximum atomic E-state index is 13.4. The Morgan fingerprint density at radius 2 is 1.84 bits per heavy atom. The molecule has 3 saturated heterocycles. The van der Waals surface area contributed by atoms with Gasteiger partial charge in [-0.05, 0) is 18.1 Å². The second kappa shape index (κ2) is 9.93. The van der Waals surface area contributed by atoms with Crippen LogP contribution >= 0.6 is 11.8 Å². The molecule has 0 unspecified atom stereocenters. The van der Waals surface area contributed by atoms with Crippen molar-refractivity contribution < 1.29 is 23.8 Å². The van der Waals surface area contributed by atoms with Crippen LogP contribution in [0, 0.1) is 0 Å². The Bertz CT molecular complexity index is 1250. The molecule has 0 bridgehead atoms. The van der Waals surface area contributed by atoms with Gasteiger partial charge in [-0.1, -0.05) is 72.4 Å². The lowest BCUT2D eigenvalue weighted by atomic mass is 10.0. The predicted octanol–water partition coefficient (Wildman–Crippen LogP) is 1.11. The number of rotatable bonds is 7. The van der Waals surface area contributed by atoms with Gasteiger partial charge in [0.2, 0.25) is 16.7 Å². The van der Waals surface area contributed by atoms with Crippen LogP contribution in [0.2, 0.25) is 0 Å². The van der Waals surface area contributed by atoms with Crippen LogP contribution in [0.15, 0.2) is 65.8 Å². The number of carbonyl (C=O) groups is 4. The summed E-state index contributed by atoms with van der Waals surface area (Å²) in [5, 5.41) is 7.87. The third kappa shape index (κ3) is 4.46. The van der Waals surface area contributed by atoms with Crippen molar-refractivity contribution in [3.05, 3.63) is 71.8 Å². The molecule has 0 aromatic heterocycles. The van der Waals surface area contributed by atoms with Crippen LogP contribution in [0.25, 0.3) is 0 Å². The van der Waals surface area contributed by atoms with E-state index in [0.717, 1.165) is 22.9 Å². The number of nitrogens with one attached hydrogen (secondary N) is 1. The molecule has 3 aliphatic rings. The molecule has 0 aliphatic carbocycles. The highest BCUT2D eigenvalue weighted by atomic mass is 32.2. The van der Waals surface area contributed by atoms with Crippen molar-refractivity contribution in [3.63, 3.8) is 0 Å². The van der Waals surface area contributed by atoms with Crippen LogP contribution in [0.5, 0.6) is 0 Å². The molecular weight excluding hydrogens is 493 g/mol. The minimum Gasteiger partial charge on any atom is -0.541 e. The highest BCUT2D eigenvalue weighted by Crippen LogP contribution is 2.50. The number of urea groups is 1. The monoisotopic (exact) mass is 517 g/mol. The van der Waals surface area contributed by atoms with Crippen LogP contribution in [0.3, 0.4) is 0 Å². The third-order valence-electron chi connectivity index (χ3n) is 6.65. The van der Waals surface area contributed by atoms with Crippen molar-refractivity contribution >= 4 is 49.8 Å². The van der Waals surface area contributed by atoms with Gasteiger partial charge in [0.1, 0.15) is 11.4 Å². The van der Waals surface area contributed by atoms with Gasteiger partial charge >= 0.3 is 20.0 Å². The van der Waals surface area contributed by atoms with E-state index in [2.05, 4.69) is 15.1 Å². The number of amides is 4. The van der Waals surface area contributed by atoms with E-state index in [0.29, 0.717) is 0 Å². The number of hydrogen-bond donors (Lipinski definition) is 1. The Morgan fingerprint density at radius 3 is 2.51 bits per heavy atom. The number of carbonyl (C=O) groups excluding carboxylic acids is 4. The molecule has 1 N–H and O–H groups in total. The van der Waals surface area contributed by atoms with Crippen LogP contribution in [0.1, 0.15) is 18.1 Å². The molecule has 0 saturated carbocycles. The van der Waals surface area contributed by atoms with Crippen molar-refractivity contribution in [1.29, 1.82) is 0 Å². The molecule has 37 heavy (non-hydrogen) atoms. The molecule has 2 aromatic rings. The number of nitrogens with zero attached hydrogens (tertiary/aromatic N) is 4. The highest BCUT2D eigenvalue weighted by Gasteiger charge is 2.67. The lowest BCUT2D eigenvalue weighted by Crippen LogP contribution is -2.67. The van der Waals surface area contributed by atoms with E-state index < -0.39 is 28.3 Å². The Morgan fingerprint density at radius 1 is 1.16 bits per heavy atom. The molecule has 188 valence electrons. The zero-order valence-corrected chi connectivity index (χ0v) is 20.8. The quantitative estimate of drug-likeness (QED) is 0.335. The molecule has 12 heteroatoms. The summed E-state index contributed by atoms with van der Waals surface area (Å²) >= 11 is 1.08. The number of fused-ring (bicyclic) bond motifs is 1. The van der Waals surface area contributed by atoms with Gasteiger partial charge in [0.05, 0.1) is 25.2 Å². The summed E-state index contributed by atoms with van der Waals surface area (Å²) in [6, 6.07) is 16.8. The first kappa shape index (κ1) is 24.9. The van der Waals surface area contributed by atoms with Crippen molar-refractivity contribution in [3.8, 4) is 0 Å². The van der Waals surface area contributed by atoms with E-state index >= 15 is 0 Å². The number of thioether (sulfide) groups is 1. The molecule has 4 atom stereocenters. The summed E-state index contributed by atoms with van der Waals surface area (Å²) in [6.45, 7) is 1.89. The van der Waals surface area contributed by atoms with Gasteiger partial charge < -0.3 is 14.9 Å². The topological polar surface area (TPSA) is 112 Å². The van der Waals surface area contributed by atoms with E-state index in [1.165, 1.54) is 14.8 Å². The van der Waals surface area contributed by atoms with Gasteiger partial charge in [-0.2, -0.15) is 5.10 Å². The smallest absolute Gasteiger partial charge is 0.378 e. The predicted molar refractivity (Wildman–Crippen MR) is 137 cm³/mol. The van der Waals surface area contributed by atoms with Crippen molar-refractivity contribution in [1.82, 2.24) is 20.1 Å². The first-order chi connectivity index (χ1) is 17.8. The molecule has 4 amide bonds. The van der Waals surface area contributed by atoms with Crippen LogP contribution < -0.4 is 5.32 Å². The fourth-order valence-electron chi connectivity index (χ4n) is 4.76. The zero-order valence-electron chi connectivity index (χ0n) is 20.0. The molecule has 10 nitrogen and oxygen atoms in total. The summed E-state index contributed by atoms with van der Waals surface area (Å²) in [5.41, 5.74) is 1.63. The maximum Gasteiger partial charge on any atom is 0.378 e. The number of benzene rings is 2. The average molecular weight is 517 g/mol. The molecule has 5 rings (SSSR count). The fraction of sp³-hybridized carbons (Fsp3) is 0.320. The molecule has 0 spiro atoms. The van der Waals surface area contributed by atoms with E-state index in [9.17, 15) is 19.2 Å². The van der Waals surface area contributed by atoms with E-state index in [4.69, 9.17) is 8.05 Å². The first-order valence-corrected chi connectivity index (χ1v) is 12.6. The first-order valence-electron chi connectivity index (χ1n) is 11.8. The minimum atomic E-state index is -1.56. The van der Waals surface area contributed by atoms with Crippen molar-refractivity contribution in [2.24, 2.45) is 5.10 Å². The molecule has 2 aromatic carbocycles. The van der Waals surface area contributed by atoms with Crippen molar-refractivity contribution in [2.75, 3.05) is 13.1 Å². The maximum absolute atomic E-state index is 13.4. The highest BCUT2D eigenvalue weighted by molar-refractivity contribution is 8.02. The Kier molecular flexibility index (Phi) is 6.68. The SMILES string of the molecule is [B]OC(=O)[C@@]1(N2C[C@H](C)N(/N=C/c3ccccc3)C2=O)CN2C(=O)[C@@H](NC(=O)Cc3ccccc3)[C@H]2S1. The standard InChI is InChI=1S/C25H24BN5O5S/c1-16-14-30(24(35)31(16)27-13-18-10-6-3-7-11-18)25(23(34)36-26)15-29-21(33)20(22(29)37-25)28-19(32)12-17-8-4-2-5-9-17/h2-11,13,16,20,22H,12,14-15H2,1H3,(H,28,32)/b27-13+/t16-,20+,22+,25+/m0/s1. The zero-order chi connectivity index (χ0) is 26.2. The molecule has 3 fully saturated rings. The van der Waals surface area contributed by atoms with E-state index in [-0.39, 0.29) is 37.4 Å². The minimum absolute atomic E-state index is 0.100. The fourth-order valence-corrected chi connectivity index (χ4v) is 6.42. The van der Waals surface area contributed by atoms with Gasteiger partial charge in [-0.15, -0.1) is 0 Å². The van der Waals surface area contributed by atoms with Crippen molar-refractivity contribution in [2.45, 2.75) is 35.7 Å². The Balaban J connectivity index is 1.32. The number of hydrazone groups is 1. The van der Waals surface area contributed by atoms with Gasteiger partial charge in [-0.3, -0.25) is 19.3 Å². The van der Waals surface area contributed by atoms with Crippen LogP contribution in [-0.4, -0.2) is 88.3 Å². The molecule has 3 aliphatic heterocycles. The van der Waals surface area contributed by atoms with Crippen LogP contribution in [-0.2, 0) is 25.5 Å². The lowest BCUT2D eigenvalue weighted by Gasteiger charge is -2.41. The summed E-state index contributed by atoms with van der Waals surface area (Å²) in [4.78, 5) is 53.2. The second-order valence-corrected chi connectivity index (χ2v) is 10.5. The van der Waals surface area contributed by atoms with Gasteiger partial charge in [-0.25, -0.2) is 9.80 Å². The Labute approximate surface area is 219 Å². The Hall–Kier alpha value is -3.80. The van der Waals surface area contributed by atoms with Gasteiger partial charge in [0, 0.05) is 6.54 Å². The third-order valence-corrected chi connectivity index (χ3v) is 8.32. The van der Waals surface area contributed by atoms with Gasteiger partial charge in [0.25, 0.3) is 0 Å². The normalized spacial score (nSPS) is 26.8. The summed E-state index contributed by atoms with van der Waals surface area (Å²) < 4.78 is 4.62. The largest absolute Gasteiger partial charge is 0.541 e. The summed E-state index contributed by atoms with van der Waals surface area (Å²) in [5.74, 6) is -1.48. The molecular formula is C25H24BN5O5S. The number of β-lactam (4-membered cyclic amide) rings is 1. The lowest BCUT2D eigenvalue weighted by molar-refractivity contribution is -0.150. The number of hydrogen-bond acceptors (Lipinski definition) is 7. The van der Waals surface area contributed by atoms with Crippen LogP contribution in [0.4, 0.5) is 4.79 Å². The summed E-state index contributed by atoms with van der Waals surface area (Å²) in [6.07, 6.45) is 1.69. The van der Waals surface area contributed by atoms with E-state index in [1.54, 1.807) is 6.21 Å².